The van der Waals surface area contributed by atoms with E-state index in [1.807, 2.05) is 13.8 Å². The summed E-state index contributed by atoms with van der Waals surface area (Å²) in [6.45, 7) is 6.07. The zero-order chi connectivity index (χ0) is 9.68. The lowest BCUT2D eigenvalue weighted by Crippen LogP contribution is -2.30. The van der Waals surface area contributed by atoms with Crippen LogP contribution in [-0.2, 0) is 4.79 Å². The van der Waals surface area contributed by atoms with Crippen LogP contribution in [0.1, 0.15) is 33.1 Å². The first-order valence-electron chi connectivity index (χ1n) is 5.07. The molecule has 1 heterocycles. The summed E-state index contributed by atoms with van der Waals surface area (Å²) in [5.41, 5.74) is 1.11. The summed E-state index contributed by atoms with van der Waals surface area (Å²) in [5.74, 6) is 0.852. The van der Waals surface area contributed by atoms with Gasteiger partial charge in [-0.3, -0.25) is 4.79 Å². The van der Waals surface area contributed by atoms with Crippen LogP contribution in [0, 0.1) is 5.92 Å². The van der Waals surface area contributed by atoms with E-state index in [9.17, 15) is 4.79 Å². The Labute approximate surface area is 80.4 Å². The molecule has 2 heteroatoms. The Bertz CT molecular complexity index is 198. The van der Waals surface area contributed by atoms with Crippen LogP contribution >= 0.6 is 0 Å². The molecule has 0 aromatic heterocycles. The van der Waals surface area contributed by atoms with Gasteiger partial charge in [0.1, 0.15) is 0 Å². The van der Waals surface area contributed by atoms with Crippen molar-refractivity contribution < 1.29 is 4.79 Å². The summed E-state index contributed by atoms with van der Waals surface area (Å²) in [7, 11) is 0. The van der Waals surface area contributed by atoms with Gasteiger partial charge < -0.3 is 5.32 Å². The molecule has 0 saturated carbocycles. The zero-order valence-electron chi connectivity index (χ0n) is 8.60. The van der Waals surface area contributed by atoms with E-state index in [1.54, 1.807) is 6.08 Å². The van der Waals surface area contributed by atoms with Crippen molar-refractivity contribution in [3.8, 4) is 0 Å². The molecule has 0 bridgehead atoms. The van der Waals surface area contributed by atoms with Crippen LogP contribution in [-0.4, -0.2) is 18.9 Å². The van der Waals surface area contributed by atoms with Gasteiger partial charge in [0.2, 0.25) is 0 Å². The first kappa shape index (κ1) is 10.5. The second-order valence-corrected chi connectivity index (χ2v) is 4.10. The van der Waals surface area contributed by atoms with E-state index in [2.05, 4.69) is 5.32 Å². The third-order valence-corrected chi connectivity index (χ3v) is 2.34. The second-order valence-electron chi connectivity index (χ2n) is 4.10. The fourth-order valence-corrected chi connectivity index (χ4v) is 1.76. The first-order chi connectivity index (χ1) is 6.18. The summed E-state index contributed by atoms with van der Waals surface area (Å²) < 4.78 is 0. The molecule has 1 N–H and O–H groups in total. The van der Waals surface area contributed by atoms with Crippen molar-refractivity contribution >= 4 is 5.78 Å². The minimum atomic E-state index is 0.286. The molecule has 0 radical (unpaired) electrons. The van der Waals surface area contributed by atoms with Gasteiger partial charge >= 0.3 is 0 Å². The summed E-state index contributed by atoms with van der Waals surface area (Å²) >= 11 is 0. The Morgan fingerprint density at radius 2 is 2.31 bits per heavy atom. The van der Waals surface area contributed by atoms with Crippen LogP contribution in [0.25, 0.3) is 0 Å². The molecule has 0 aromatic rings. The van der Waals surface area contributed by atoms with Crippen molar-refractivity contribution in [2.24, 2.45) is 5.92 Å². The molecule has 2 nitrogen and oxygen atoms in total. The number of carbonyl (C=O) groups excluding carboxylic acids is 1. The van der Waals surface area contributed by atoms with Gasteiger partial charge in [0.15, 0.2) is 5.78 Å². The van der Waals surface area contributed by atoms with Gasteiger partial charge in [-0.2, -0.15) is 0 Å². The number of carbonyl (C=O) groups is 1. The highest BCUT2D eigenvalue weighted by Gasteiger charge is 2.15. The van der Waals surface area contributed by atoms with Gasteiger partial charge in [0.05, 0.1) is 0 Å². The third-order valence-electron chi connectivity index (χ3n) is 2.34. The molecule has 1 saturated heterocycles. The molecule has 0 aromatic carbocycles. The maximum Gasteiger partial charge on any atom is 0.155 e. The van der Waals surface area contributed by atoms with Crippen LogP contribution in [0.3, 0.4) is 0 Å². The summed E-state index contributed by atoms with van der Waals surface area (Å²) in [6, 6.07) is 0. The number of hydrogen-bond donors (Lipinski definition) is 1. The van der Waals surface area contributed by atoms with E-state index in [4.69, 9.17) is 0 Å². The predicted octanol–water partition coefficient (Wildman–Crippen LogP) is 1.91. The minimum absolute atomic E-state index is 0.286. The van der Waals surface area contributed by atoms with Crippen molar-refractivity contribution in [1.29, 1.82) is 0 Å². The van der Waals surface area contributed by atoms with E-state index < -0.39 is 0 Å². The van der Waals surface area contributed by atoms with Gasteiger partial charge in [0.25, 0.3) is 0 Å². The topological polar surface area (TPSA) is 29.1 Å². The van der Waals surface area contributed by atoms with Gasteiger partial charge in [-0.15, -0.1) is 0 Å². The Balaban J connectivity index is 2.30. The van der Waals surface area contributed by atoms with E-state index >= 15 is 0 Å². The second kappa shape index (κ2) is 5.18. The van der Waals surface area contributed by atoms with E-state index in [0.29, 0.717) is 5.92 Å². The molecule has 1 rings (SSSR count). The third kappa shape index (κ3) is 4.23. The number of ketones is 1. The van der Waals surface area contributed by atoms with Crippen LogP contribution in [0.2, 0.25) is 0 Å². The fraction of sp³-hybridized carbons (Fsp3) is 0.727. The standard InChI is InChI=1S/C11H19NO/c1-9(2)6-11(13)7-10-4-3-5-12-8-10/h6,10,12H,3-5,7-8H2,1-2H3. The highest BCUT2D eigenvalue weighted by molar-refractivity contribution is 5.90. The van der Waals surface area contributed by atoms with E-state index in [1.165, 1.54) is 12.8 Å². The molecule has 1 aliphatic heterocycles. The first-order valence-corrected chi connectivity index (χ1v) is 5.07. The molecule has 13 heavy (non-hydrogen) atoms. The summed E-state index contributed by atoms with van der Waals surface area (Å²) in [6.07, 6.45) is 4.90. The summed E-state index contributed by atoms with van der Waals surface area (Å²) in [4.78, 5) is 11.4. The van der Waals surface area contributed by atoms with Crippen LogP contribution in [0.5, 0.6) is 0 Å². The lowest BCUT2D eigenvalue weighted by atomic mass is 9.94. The fourth-order valence-electron chi connectivity index (χ4n) is 1.76. The molecule has 1 fully saturated rings. The van der Waals surface area contributed by atoms with Crippen molar-refractivity contribution in [1.82, 2.24) is 5.32 Å². The maximum atomic E-state index is 11.4. The molecule has 1 unspecified atom stereocenters. The van der Waals surface area contributed by atoms with Crippen LogP contribution in [0.4, 0.5) is 0 Å². The van der Waals surface area contributed by atoms with Crippen molar-refractivity contribution in [2.75, 3.05) is 13.1 Å². The zero-order valence-corrected chi connectivity index (χ0v) is 8.60. The minimum Gasteiger partial charge on any atom is -0.316 e. The number of piperidine rings is 1. The predicted molar refractivity (Wildman–Crippen MR) is 54.6 cm³/mol. The van der Waals surface area contributed by atoms with Gasteiger partial charge in [0, 0.05) is 6.42 Å². The van der Waals surface area contributed by atoms with Crippen molar-refractivity contribution in [2.45, 2.75) is 33.1 Å². The van der Waals surface area contributed by atoms with Gasteiger partial charge in [-0.05, 0) is 51.8 Å². The largest absolute Gasteiger partial charge is 0.316 e. The Hall–Kier alpha value is -0.630. The number of nitrogens with one attached hydrogen (secondary N) is 1. The molecular formula is C11H19NO. The normalized spacial score (nSPS) is 22.5. The number of rotatable bonds is 3. The quantitative estimate of drug-likeness (QED) is 0.674. The smallest absolute Gasteiger partial charge is 0.155 e. The monoisotopic (exact) mass is 181 g/mol. The molecule has 74 valence electrons. The molecular weight excluding hydrogens is 162 g/mol. The molecule has 0 spiro atoms. The van der Waals surface area contributed by atoms with Gasteiger partial charge in [-0.25, -0.2) is 0 Å². The molecule has 0 aliphatic carbocycles. The Morgan fingerprint density at radius 1 is 1.54 bits per heavy atom. The number of hydrogen-bond acceptors (Lipinski definition) is 2. The van der Waals surface area contributed by atoms with Gasteiger partial charge in [-0.1, -0.05) is 5.57 Å². The van der Waals surface area contributed by atoms with Crippen LogP contribution < -0.4 is 5.32 Å². The van der Waals surface area contributed by atoms with E-state index in [0.717, 1.165) is 25.1 Å². The highest BCUT2D eigenvalue weighted by Crippen LogP contribution is 2.14. The van der Waals surface area contributed by atoms with E-state index in [-0.39, 0.29) is 5.78 Å². The Morgan fingerprint density at radius 3 is 2.85 bits per heavy atom. The summed E-state index contributed by atoms with van der Waals surface area (Å²) in [5, 5.41) is 3.32. The maximum absolute atomic E-state index is 11.4. The highest BCUT2D eigenvalue weighted by atomic mass is 16.1. The lowest BCUT2D eigenvalue weighted by molar-refractivity contribution is -0.115. The Kier molecular flexibility index (Phi) is 4.16. The molecule has 1 atom stereocenters. The van der Waals surface area contributed by atoms with Crippen molar-refractivity contribution in [3.63, 3.8) is 0 Å². The number of allylic oxidation sites excluding steroid dienone is 2. The molecule has 1 aliphatic rings. The average molecular weight is 181 g/mol. The SMILES string of the molecule is CC(C)=CC(=O)CC1CCCNC1. The molecule has 0 amide bonds. The van der Waals surface area contributed by atoms with Crippen molar-refractivity contribution in [3.05, 3.63) is 11.6 Å². The van der Waals surface area contributed by atoms with Crippen LogP contribution in [0.15, 0.2) is 11.6 Å². The average Bonchev–Trinajstić information content (AvgIpc) is 2.04. The lowest BCUT2D eigenvalue weighted by Gasteiger charge is -2.21.